The van der Waals surface area contributed by atoms with Gasteiger partial charge in [-0.3, -0.25) is 9.48 Å². The number of aromatic nitrogens is 4. The van der Waals surface area contributed by atoms with Gasteiger partial charge >= 0.3 is 0 Å². The van der Waals surface area contributed by atoms with Crippen LogP contribution in [0.5, 0.6) is 0 Å². The summed E-state index contributed by atoms with van der Waals surface area (Å²) in [5, 5.41) is 8.87. The van der Waals surface area contributed by atoms with Gasteiger partial charge in [0.1, 0.15) is 4.88 Å². The molecule has 3 rings (SSSR count). The minimum atomic E-state index is 0.0525. The molecule has 130 valence electrons. The monoisotopic (exact) mass is 348 g/mol. The first kappa shape index (κ1) is 16.9. The normalized spacial score (nSPS) is 18.1. The maximum absolute atomic E-state index is 12.7. The average molecular weight is 348 g/mol. The van der Waals surface area contributed by atoms with Crippen molar-refractivity contribution in [2.24, 2.45) is 5.92 Å². The zero-order chi connectivity index (χ0) is 17.1. The molecule has 0 saturated carbocycles. The highest BCUT2D eigenvalue weighted by atomic mass is 32.1. The number of carbonyl (C=O) groups is 1. The summed E-state index contributed by atoms with van der Waals surface area (Å²) in [6.45, 7) is 6.33. The van der Waals surface area contributed by atoms with E-state index in [1.54, 1.807) is 0 Å². The number of anilines is 1. The molecular weight excluding hydrogens is 324 g/mol. The Bertz CT molecular complexity index is 709. The maximum Gasteiger partial charge on any atom is 0.265 e. The predicted octanol–water partition coefficient (Wildman–Crippen LogP) is 2.13. The lowest BCUT2D eigenvalue weighted by Gasteiger charge is -2.32. The Morgan fingerprint density at radius 1 is 1.50 bits per heavy atom. The molecule has 0 aliphatic carbocycles. The van der Waals surface area contributed by atoms with Crippen LogP contribution in [-0.4, -0.2) is 43.9 Å². The van der Waals surface area contributed by atoms with Crippen molar-refractivity contribution in [2.75, 3.05) is 18.8 Å². The van der Waals surface area contributed by atoms with Gasteiger partial charge in [-0.05, 0) is 32.1 Å². The van der Waals surface area contributed by atoms with Crippen LogP contribution in [0.1, 0.15) is 47.2 Å². The highest BCUT2D eigenvalue weighted by molar-refractivity contribution is 7.17. The number of aryl methyl sites for hydroxylation is 2. The number of thiazole rings is 1. The molecule has 1 saturated heterocycles. The Morgan fingerprint density at radius 2 is 2.33 bits per heavy atom. The van der Waals surface area contributed by atoms with Gasteiger partial charge in [0.25, 0.3) is 5.91 Å². The molecular formula is C16H24N6OS. The molecule has 1 amide bonds. The molecule has 0 aromatic carbocycles. The molecule has 1 fully saturated rings. The topological polar surface area (TPSA) is 89.9 Å². The van der Waals surface area contributed by atoms with Crippen LogP contribution in [0.2, 0.25) is 0 Å². The summed E-state index contributed by atoms with van der Waals surface area (Å²) in [4.78, 5) is 19.5. The quantitative estimate of drug-likeness (QED) is 0.894. The molecule has 0 unspecified atom stereocenters. The molecule has 0 radical (unpaired) electrons. The summed E-state index contributed by atoms with van der Waals surface area (Å²) in [5.74, 6) is 0.459. The summed E-state index contributed by atoms with van der Waals surface area (Å²) in [6.07, 6.45) is 6.18. The maximum atomic E-state index is 12.7. The van der Waals surface area contributed by atoms with Gasteiger partial charge < -0.3 is 10.6 Å². The standard InChI is InChI=1S/C16H24N6OS/c1-3-5-13-10-22(20-19-13)9-12-6-4-7-21(8-12)15(23)14-11(2)18-16(17)24-14/h10,12H,3-9H2,1-2H3,(H2,17,18)/t12-/m0/s1. The van der Waals surface area contributed by atoms with Crippen LogP contribution in [0.4, 0.5) is 5.13 Å². The van der Waals surface area contributed by atoms with Gasteiger partial charge in [-0.25, -0.2) is 4.98 Å². The van der Waals surface area contributed by atoms with Crippen LogP contribution in [0, 0.1) is 12.8 Å². The molecule has 0 bridgehead atoms. The molecule has 2 aromatic heterocycles. The van der Waals surface area contributed by atoms with Crippen LogP contribution in [0.25, 0.3) is 0 Å². The van der Waals surface area contributed by atoms with Gasteiger partial charge in [-0.15, -0.1) is 5.10 Å². The molecule has 7 nitrogen and oxygen atoms in total. The molecule has 3 heterocycles. The van der Waals surface area contributed by atoms with Gasteiger partial charge in [0.05, 0.1) is 11.4 Å². The van der Waals surface area contributed by atoms with Crippen LogP contribution < -0.4 is 5.73 Å². The fourth-order valence-electron chi connectivity index (χ4n) is 3.22. The molecule has 1 aliphatic heterocycles. The molecule has 2 aromatic rings. The number of nitrogens with two attached hydrogens (primary N) is 1. The summed E-state index contributed by atoms with van der Waals surface area (Å²) in [5.41, 5.74) is 7.49. The first-order valence-electron chi connectivity index (χ1n) is 8.48. The number of nitrogen functional groups attached to an aromatic ring is 1. The zero-order valence-corrected chi connectivity index (χ0v) is 15.1. The number of likely N-dealkylation sites (tertiary alicyclic amines) is 1. The Kier molecular flexibility index (Phi) is 5.13. The van der Waals surface area contributed by atoms with Crippen molar-refractivity contribution in [3.63, 3.8) is 0 Å². The Balaban J connectivity index is 1.63. The van der Waals surface area contributed by atoms with E-state index in [1.165, 1.54) is 11.3 Å². The number of hydrogen-bond acceptors (Lipinski definition) is 6. The van der Waals surface area contributed by atoms with Crippen molar-refractivity contribution in [3.8, 4) is 0 Å². The van der Waals surface area contributed by atoms with Crippen molar-refractivity contribution >= 4 is 22.4 Å². The van der Waals surface area contributed by atoms with Crippen molar-refractivity contribution in [1.29, 1.82) is 0 Å². The van der Waals surface area contributed by atoms with E-state index in [1.807, 2.05) is 22.7 Å². The van der Waals surface area contributed by atoms with E-state index >= 15 is 0 Å². The predicted molar refractivity (Wildman–Crippen MR) is 93.9 cm³/mol. The summed E-state index contributed by atoms with van der Waals surface area (Å²) in [6, 6.07) is 0. The summed E-state index contributed by atoms with van der Waals surface area (Å²) < 4.78 is 1.92. The summed E-state index contributed by atoms with van der Waals surface area (Å²) >= 11 is 1.28. The van der Waals surface area contributed by atoms with Crippen LogP contribution >= 0.6 is 11.3 Å². The van der Waals surface area contributed by atoms with Crippen LogP contribution in [-0.2, 0) is 13.0 Å². The van der Waals surface area contributed by atoms with Gasteiger partial charge in [-0.2, -0.15) is 0 Å². The lowest BCUT2D eigenvalue weighted by molar-refractivity contribution is 0.0663. The molecule has 8 heteroatoms. The Hall–Kier alpha value is -1.96. The van der Waals surface area contributed by atoms with E-state index in [0.717, 1.165) is 56.7 Å². The van der Waals surface area contributed by atoms with E-state index in [9.17, 15) is 4.79 Å². The minimum Gasteiger partial charge on any atom is -0.375 e. The van der Waals surface area contributed by atoms with E-state index in [-0.39, 0.29) is 5.91 Å². The number of amides is 1. The molecule has 1 aliphatic rings. The fraction of sp³-hybridized carbons (Fsp3) is 0.625. The van der Waals surface area contributed by atoms with E-state index < -0.39 is 0 Å². The number of hydrogen-bond donors (Lipinski definition) is 1. The molecule has 24 heavy (non-hydrogen) atoms. The second-order valence-electron chi connectivity index (χ2n) is 6.41. The Labute approximate surface area is 145 Å². The second kappa shape index (κ2) is 7.29. The third-order valence-corrected chi connectivity index (χ3v) is 5.33. The Morgan fingerprint density at radius 3 is 3.04 bits per heavy atom. The smallest absolute Gasteiger partial charge is 0.265 e. The third-order valence-electron chi connectivity index (χ3n) is 4.35. The molecule has 1 atom stereocenters. The van der Waals surface area contributed by atoms with E-state index in [2.05, 4.69) is 22.2 Å². The van der Waals surface area contributed by atoms with Gasteiger partial charge in [-0.1, -0.05) is 29.9 Å². The van der Waals surface area contributed by atoms with Crippen molar-refractivity contribution < 1.29 is 4.79 Å². The number of carbonyl (C=O) groups excluding carboxylic acids is 1. The zero-order valence-electron chi connectivity index (χ0n) is 14.2. The fourth-order valence-corrected chi connectivity index (χ4v) is 4.02. The number of piperidine rings is 1. The average Bonchev–Trinajstić information content (AvgIpc) is 3.13. The largest absolute Gasteiger partial charge is 0.375 e. The van der Waals surface area contributed by atoms with E-state index in [0.29, 0.717) is 15.9 Å². The van der Waals surface area contributed by atoms with Crippen molar-refractivity contribution in [1.82, 2.24) is 24.9 Å². The van der Waals surface area contributed by atoms with Crippen molar-refractivity contribution in [3.05, 3.63) is 22.5 Å². The summed E-state index contributed by atoms with van der Waals surface area (Å²) in [7, 11) is 0. The number of rotatable bonds is 5. The third kappa shape index (κ3) is 3.75. The first-order chi connectivity index (χ1) is 11.6. The highest BCUT2D eigenvalue weighted by Crippen LogP contribution is 2.25. The van der Waals surface area contributed by atoms with Crippen LogP contribution in [0.15, 0.2) is 6.20 Å². The van der Waals surface area contributed by atoms with E-state index in [4.69, 9.17) is 5.73 Å². The number of nitrogens with zero attached hydrogens (tertiary/aromatic N) is 5. The van der Waals surface area contributed by atoms with Gasteiger partial charge in [0.15, 0.2) is 5.13 Å². The van der Waals surface area contributed by atoms with Crippen molar-refractivity contribution in [2.45, 2.75) is 46.1 Å². The van der Waals surface area contributed by atoms with Crippen LogP contribution in [0.3, 0.4) is 0 Å². The lowest BCUT2D eigenvalue weighted by Crippen LogP contribution is -2.41. The lowest BCUT2D eigenvalue weighted by atomic mass is 9.98. The molecule has 2 N–H and O–H groups in total. The second-order valence-corrected chi connectivity index (χ2v) is 7.44. The minimum absolute atomic E-state index is 0.0525. The first-order valence-corrected chi connectivity index (χ1v) is 9.29. The highest BCUT2D eigenvalue weighted by Gasteiger charge is 2.27. The van der Waals surface area contributed by atoms with Gasteiger partial charge in [0, 0.05) is 25.8 Å². The van der Waals surface area contributed by atoms with Gasteiger partial charge in [0.2, 0.25) is 0 Å². The SMILES string of the molecule is CCCc1cn(C[C@H]2CCCN(C(=O)c3sc(N)nc3C)C2)nn1. The molecule has 0 spiro atoms.